The molecule has 0 N–H and O–H groups in total. The summed E-state index contributed by atoms with van der Waals surface area (Å²) in [6.07, 6.45) is 6.95. The van der Waals surface area contributed by atoms with Crippen LogP contribution in [0.5, 0.6) is 11.5 Å². The fourth-order valence-electron chi connectivity index (χ4n) is 2.11. The van der Waals surface area contributed by atoms with Crippen molar-refractivity contribution in [2.75, 3.05) is 0 Å². The summed E-state index contributed by atoms with van der Waals surface area (Å²) in [5.41, 5.74) is 2.17. The molecule has 3 rings (SSSR count). The number of carbonyl (C=O) groups is 2. The van der Waals surface area contributed by atoms with Gasteiger partial charge in [0.05, 0.1) is 0 Å². The Morgan fingerprint density at radius 2 is 1.76 bits per heavy atom. The molecule has 1 heterocycles. The molecule has 102 valence electrons. The Balaban J connectivity index is 1.85. The highest BCUT2D eigenvalue weighted by Gasteiger charge is 2.22. The highest BCUT2D eigenvalue weighted by Crippen LogP contribution is 2.48. The number of ether oxygens (including phenoxy) is 1. The number of benzene rings is 2. The maximum atomic E-state index is 12.3. The van der Waals surface area contributed by atoms with Crippen LogP contribution in [0.1, 0.15) is 21.5 Å². The van der Waals surface area contributed by atoms with E-state index in [0.717, 1.165) is 22.6 Å². The topological polar surface area (TPSA) is 46.7 Å². The molecule has 0 saturated heterocycles. The molecule has 0 saturated carbocycles. The van der Waals surface area contributed by atoms with Crippen molar-refractivity contribution in [1.29, 1.82) is 0 Å². The van der Waals surface area contributed by atoms with Crippen molar-refractivity contribution < 1.29 is 14.3 Å². The minimum Gasteiger partial charge on any atom is -0.449 e. The first kappa shape index (κ1) is 13.1. The Morgan fingerprint density at radius 3 is 2.62 bits per heavy atom. The molecule has 0 aromatic heterocycles. The van der Waals surface area contributed by atoms with E-state index in [9.17, 15) is 9.59 Å². The zero-order valence-electron chi connectivity index (χ0n) is 11.2. The maximum absolute atomic E-state index is 12.3. The molecule has 0 unspecified atom stereocenters. The summed E-state index contributed by atoms with van der Waals surface area (Å²) in [4.78, 5) is 22.7. The number of fused-ring (bicyclic) bond motifs is 1. The first-order chi connectivity index (χ1) is 10.3. The van der Waals surface area contributed by atoms with Gasteiger partial charge in [-0.05, 0) is 29.9 Å². The van der Waals surface area contributed by atoms with E-state index in [1.54, 1.807) is 30.4 Å². The molecule has 2 aromatic rings. The van der Waals surface area contributed by atoms with Gasteiger partial charge in [-0.15, -0.1) is 0 Å². The van der Waals surface area contributed by atoms with Gasteiger partial charge in [-0.25, -0.2) is 0 Å². The van der Waals surface area contributed by atoms with Crippen LogP contribution in [0.2, 0.25) is 0 Å². The average Bonchev–Trinajstić information content (AvgIpc) is 3.31. The molecule has 0 radical (unpaired) electrons. The summed E-state index contributed by atoms with van der Waals surface area (Å²) in [5.74, 6) is 1.58. The first-order valence-corrected chi connectivity index (χ1v) is 6.54. The Morgan fingerprint density at radius 1 is 0.952 bits per heavy atom. The molecule has 0 bridgehead atoms. The fourth-order valence-corrected chi connectivity index (χ4v) is 2.11. The number of ketones is 1. The van der Waals surface area contributed by atoms with Gasteiger partial charge in [0, 0.05) is 11.1 Å². The SMILES string of the molecule is O=C/C=C/c1ccccc1C(=O)/C=C/c1cccc2c1O2. The van der Waals surface area contributed by atoms with Crippen molar-refractivity contribution in [3.63, 3.8) is 0 Å². The van der Waals surface area contributed by atoms with E-state index >= 15 is 0 Å². The van der Waals surface area contributed by atoms with Gasteiger partial charge in [0.2, 0.25) is 0 Å². The van der Waals surface area contributed by atoms with Gasteiger partial charge in [0.25, 0.3) is 0 Å². The summed E-state index contributed by atoms with van der Waals surface area (Å²) in [6.45, 7) is 0. The van der Waals surface area contributed by atoms with E-state index in [0.29, 0.717) is 11.8 Å². The van der Waals surface area contributed by atoms with Crippen molar-refractivity contribution in [1.82, 2.24) is 0 Å². The molecule has 1 aliphatic heterocycles. The van der Waals surface area contributed by atoms with Gasteiger partial charge in [0.15, 0.2) is 17.3 Å². The van der Waals surface area contributed by atoms with Crippen molar-refractivity contribution in [2.24, 2.45) is 0 Å². The highest BCUT2D eigenvalue weighted by molar-refractivity contribution is 6.09. The lowest BCUT2D eigenvalue weighted by Crippen LogP contribution is -1.97. The third-order valence-electron chi connectivity index (χ3n) is 3.17. The third-order valence-corrected chi connectivity index (χ3v) is 3.17. The van der Waals surface area contributed by atoms with Crippen molar-refractivity contribution in [3.05, 3.63) is 71.3 Å². The summed E-state index contributed by atoms with van der Waals surface area (Å²) in [6, 6.07) is 12.8. The van der Waals surface area contributed by atoms with Gasteiger partial charge in [0.1, 0.15) is 6.29 Å². The number of hydrogen-bond donors (Lipinski definition) is 0. The molecular weight excluding hydrogens is 264 g/mol. The third kappa shape index (κ3) is 2.82. The molecule has 0 aliphatic carbocycles. The smallest absolute Gasteiger partial charge is 0.186 e. The van der Waals surface area contributed by atoms with Gasteiger partial charge in [-0.1, -0.05) is 42.5 Å². The molecular formula is C18H12O3. The predicted octanol–water partition coefficient (Wildman–Crippen LogP) is 3.90. The zero-order valence-corrected chi connectivity index (χ0v) is 11.2. The predicted molar refractivity (Wildman–Crippen MR) is 81.4 cm³/mol. The number of rotatable bonds is 5. The van der Waals surface area contributed by atoms with Crippen molar-refractivity contribution >= 4 is 24.2 Å². The lowest BCUT2D eigenvalue weighted by molar-refractivity contribution is -0.104. The monoisotopic (exact) mass is 276 g/mol. The molecule has 3 nitrogen and oxygen atoms in total. The molecule has 0 fully saturated rings. The van der Waals surface area contributed by atoms with E-state index in [-0.39, 0.29) is 5.78 Å². The Hall–Kier alpha value is -2.94. The number of allylic oxidation sites excluding steroid dienone is 2. The Labute approximate surface area is 122 Å². The zero-order chi connectivity index (χ0) is 14.7. The van der Waals surface area contributed by atoms with Gasteiger partial charge < -0.3 is 4.74 Å². The van der Waals surface area contributed by atoms with Gasteiger partial charge in [-0.2, -0.15) is 0 Å². The van der Waals surface area contributed by atoms with Crippen LogP contribution in [0.3, 0.4) is 0 Å². The quantitative estimate of drug-likeness (QED) is 0.307. The van der Waals surface area contributed by atoms with E-state index in [1.165, 1.54) is 12.2 Å². The fraction of sp³-hybridized carbons (Fsp3) is 0. The molecule has 1 aliphatic rings. The summed E-state index contributed by atoms with van der Waals surface area (Å²) < 4.78 is 5.27. The minimum atomic E-state index is -0.112. The lowest BCUT2D eigenvalue weighted by Gasteiger charge is -2.01. The van der Waals surface area contributed by atoms with Crippen LogP contribution in [-0.4, -0.2) is 12.1 Å². The standard InChI is InChI=1S/C18H12O3/c19-12-4-7-13-5-1-2-8-15(13)16(20)11-10-14-6-3-9-17-18(14)21-17/h1-12H/b7-4+,11-10+. The molecule has 21 heavy (non-hydrogen) atoms. The van der Waals surface area contributed by atoms with Gasteiger partial charge >= 0.3 is 0 Å². The number of para-hydroxylation sites is 1. The second-order valence-electron chi connectivity index (χ2n) is 4.56. The van der Waals surface area contributed by atoms with Crippen LogP contribution in [0.25, 0.3) is 12.2 Å². The number of carbonyl (C=O) groups excluding carboxylic acids is 2. The van der Waals surface area contributed by atoms with Crippen molar-refractivity contribution in [2.45, 2.75) is 0 Å². The van der Waals surface area contributed by atoms with Crippen LogP contribution >= 0.6 is 0 Å². The van der Waals surface area contributed by atoms with E-state index < -0.39 is 0 Å². The molecule has 3 heteroatoms. The summed E-state index contributed by atoms with van der Waals surface area (Å²) >= 11 is 0. The normalized spacial score (nSPS) is 12.2. The van der Waals surface area contributed by atoms with E-state index in [1.807, 2.05) is 24.3 Å². The minimum absolute atomic E-state index is 0.112. The summed E-state index contributed by atoms with van der Waals surface area (Å²) in [7, 11) is 0. The summed E-state index contributed by atoms with van der Waals surface area (Å²) in [5, 5.41) is 0. The van der Waals surface area contributed by atoms with E-state index in [2.05, 4.69) is 0 Å². The van der Waals surface area contributed by atoms with E-state index in [4.69, 9.17) is 4.74 Å². The molecule has 0 atom stereocenters. The highest BCUT2D eigenvalue weighted by atomic mass is 16.6. The largest absolute Gasteiger partial charge is 0.449 e. The Bertz CT molecular complexity index is 770. The van der Waals surface area contributed by atoms with Gasteiger partial charge in [-0.3, -0.25) is 9.59 Å². The second-order valence-corrected chi connectivity index (χ2v) is 4.56. The van der Waals surface area contributed by atoms with Crippen LogP contribution in [0.15, 0.2) is 54.6 Å². The molecule has 0 amide bonds. The second kappa shape index (κ2) is 5.59. The van der Waals surface area contributed by atoms with Crippen molar-refractivity contribution in [3.8, 4) is 11.5 Å². The lowest BCUT2D eigenvalue weighted by atomic mass is 10.0. The first-order valence-electron chi connectivity index (χ1n) is 6.54. The number of aldehydes is 1. The average molecular weight is 276 g/mol. The Kier molecular flexibility index (Phi) is 3.48. The van der Waals surface area contributed by atoms with Crippen LogP contribution in [0.4, 0.5) is 0 Å². The number of hydrogen-bond acceptors (Lipinski definition) is 3. The maximum Gasteiger partial charge on any atom is 0.186 e. The van der Waals surface area contributed by atoms with Crippen LogP contribution in [-0.2, 0) is 4.79 Å². The van der Waals surface area contributed by atoms with Crippen LogP contribution < -0.4 is 4.74 Å². The molecule has 0 spiro atoms. The van der Waals surface area contributed by atoms with Crippen LogP contribution in [0, 0.1) is 0 Å². The molecule has 2 aromatic carbocycles.